The molecule has 27 heavy (non-hydrogen) atoms. The molecule has 0 saturated carbocycles. The Morgan fingerprint density at radius 1 is 1.07 bits per heavy atom. The van der Waals surface area contributed by atoms with Crippen molar-refractivity contribution in [3.8, 4) is 16.2 Å². The fraction of sp³-hybridized carbons (Fsp3) is 0.143. The second-order valence-corrected chi connectivity index (χ2v) is 7.07. The molecule has 0 unspecified atom stereocenters. The van der Waals surface area contributed by atoms with E-state index in [1.807, 2.05) is 66.0 Å². The molecule has 0 radical (unpaired) electrons. The monoisotopic (exact) mass is 378 g/mol. The van der Waals surface area contributed by atoms with Gasteiger partial charge in [-0.1, -0.05) is 36.4 Å². The smallest absolute Gasteiger partial charge is 0.265 e. The van der Waals surface area contributed by atoms with E-state index in [0.29, 0.717) is 18.0 Å². The van der Waals surface area contributed by atoms with E-state index in [0.717, 1.165) is 16.1 Å². The molecule has 5 nitrogen and oxygen atoms in total. The molecule has 1 aliphatic heterocycles. The van der Waals surface area contributed by atoms with Crippen LogP contribution in [-0.2, 0) is 9.59 Å². The van der Waals surface area contributed by atoms with Gasteiger partial charge in [0.15, 0.2) is 6.61 Å². The molecule has 136 valence electrons. The van der Waals surface area contributed by atoms with Crippen LogP contribution in [0.4, 0.5) is 11.4 Å². The van der Waals surface area contributed by atoms with E-state index in [2.05, 4.69) is 5.32 Å². The van der Waals surface area contributed by atoms with Crippen LogP contribution in [-0.4, -0.2) is 25.0 Å². The van der Waals surface area contributed by atoms with Gasteiger partial charge in [0.05, 0.1) is 5.69 Å². The summed E-state index contributed by atoms with van der Waals surface area (Å²) in [4.78, 5) is 27.4. The zero-order valence-corrected chi connectivity index (χ0v) is 15.4. The van der Waals surface area contributed by atoms with Crippen LogP contribution in [0.1, 0.15) is 6.42 Å². The second kappa shape index (κ2) is 7.63. The number of fused-ring (bicyclic) bond motifs is 1. The van der Waals surface area contributed by atoms with Gasteiger partial charge in [-0.25, -0.2) is 0 Å². The fourth-order valence-electron chi connectivity index (χ4n) is 3.06. The molecular weight excluding hydrogens is 360 g/mol. The summed E-state index contributed by atoms with van der Waals surface area (Å²) in [5.74, 6) is 0.400. The van der Waals surface area contributed by atoms with Crippen molar-refractivity contribution >= 4 is 34.5 Å². The second-order valence-electron chi connectivity index (χ2n) is 6.12. The van der Waals surface area contributed by atoms with Crippen LogP contribution >= 0.6 is 11.3 Å². The lowest BCUT2D eigenvalue weighted by Crippen LogP contribution is -2.40. The van der Waals surface area contributed by atoms with Gasteiger partial charge < -0.3 is 15.0 Å². The number of carbonyl (C=O) groups is 2. The summed E-state index contributed by atoms with van der Waals surface area (Å²) < 4.78 is 5.43. The van der Waals surface area contributed by atoms with Gasteiger partial charge in [-0.3, -0.25) is 9.59 Å². The Balaban J connectivity index is 1.45. The molecule has 0 atom stereocenters. The Morgan fingerprint density at radius 2 is 1.89 bits per heavy atom. The Morgan fingerprint density at radius 3 is 2.74 bits per heavy atom. The molecule has 0 saturated heterocycles. The number of nitrogens with one attached hydrogen (secondary N) is 1. The van der Waals surface area contributed by atoms with E-state index in [4.69, 9.17) is 4.74 Å². The summed E-state index contributed by atoms with van der Waals surface area (Å²) in [6, 6.07) is 19.1. The zero-order chi connectivity index (χ0) is 18.6. The van der Waals surface area contributed by atoms with Crippen LogP contribution in [0, 0.1) is 0 Å². The highest BCUT2D eigenvalue weighted by atomic mass is 32.1. The quantitative estimate of drug-likeness (QED) is 0.725. The van der Waals surface area contributed by atoms with E-state index in [1.165, 1.54) is 0 Å². The van der Waals surface area contributed by atoms with Crippen LogP contribution in [0.3, 0.4) is 0 Å². The molecule has 3 aromatic rings. The van der Waals surface area contributed by atoms with Gasteiger partial charge in [-0.2, -0.15) is 0 Å². The summed E-state index contributed by atoms with van der Waals surface area (Å²) in [5, 5.41) is 4.99. The predicted molar refractivity (Wildman–Crippen MR) is 107 cm³/mol. The first kappa shape index (κ1) is 17.3. The molecule has 1 aromatic heterocycles. The number of thiophene rings is 1. The molecule has 0 spiro atoms. The van der Waals surface area contributed by atoms with Crippen molar-refractivity contribution in [2.75, 3.05) is 23.4 Å². The van der Waals surface area contributed by atoms with Gasteiger partial charge in [-0.05, 0) is 29.6 Å². The minimum atomic E-state index is -0.138. The van der Waals surface area contributed by atoms with E-state index >= 15 is 0 Å². The van der Waals surface area contributed by atoms with Gasteiger partial charge in [0.25, 0.3) is 5.91 Å². The number of hydrogen-bond donors (Lipinski definition) is 1. The van der Waals surface area contributed by atoms with E-state index in [9.17, 15) is 9.59 Å². The highest BCUT2D eigenvalue weighted by Crippen LogP contribution is 2.33. The molecule has 0 bridgehead atoms. The van der Waals surface area contributed by atoms with Crippen LogP contribution in [0.25, 0.3) is 10.4 Å². The van der Waals surface area contributed by atoms with Crippen LogP contribution in [0.2, 0.25) is 0 Å². The Kier molecular flexibility index (Phi) is 4.89. The van der Waals surface area contributed by atoms with Crippen molar-refractivity contribution in [2.45, 2.75) is 6.42 Å². The average molecular weight is 378 g/mol. The zero-order valence-electron chi connectivity index (χ0n) is 14.6. The minimum Gasteiger partial charge on any atom is -0.482 e. The van der Waals surface area contributed by atoms with Crippen molar-refractivity contribution in [1.82, 2.24) is 0 Å². The van der Waals surface area contributed by atoms with E-state index in [-0.39, 0.29) is 24.8 Å². The highest BCUT2D eigenvalue weighted by Gasteiger charge is 2.25. The lowest BCUT2D eigenvalue weighted by Gasteiger charge is -2.29. The molecule has 1 aliphatic rings. The lowest BCUT2D eigenvalue weighted by molar-refractivity contribution is -0.121. The van der Waals surface area contributed by atoms with Crippen molar-refractivity contribution < 1.29 is 14.3 Å². The first-order valence-corrected chi connectivity index (χ1v) is 9.55. The molecule has 0 fully saturated rings. The standard InChI is InChI=1S/C21H18N2O3S/c24-20(22-16-7-2-1-6-15(16)19-10-5-13-27-19)11-12-23-17-8-3-4-9-18(17)26-14-21(23)25/h1-10,13H,11-12,14H2,(H,22,24). The summed E-state index contributed by atoms with van der Waals surface area (Å²) in [6.45, 7) is 0.312. The third-order valence-electron chi connectivity index (χ3n) is 4.36. The molecule has 1 N–H and O–H groups in total. The number of para-hydroxylation sites is 3. The maximum atomic E-state index is 12.5. The number of carbonyl (C=O) groups excluding carboxylic acids is 2. The normalized spacial score (nSPS) is 13.0. The molecular formula is C21H18N2O3S. The van der Waals surface area contributed by atoms with Crippen LogP contribution in [0.15, 0.2) is 66.0 Å². The van der Waals surface area contributed by atoms with Crippen molar-refractivity contribution in [1.29, 1.82) is 0 Å². The maximum Gasteiger partial charge on any atom is 0.265 e. The predicted octanol–water partition coefficient (Wildman–Crippen LogP) is 4.17. The Labute approximate surface area is 161 Å². The third kappa shape index (κ3) is 3.71. The van der Waals surface area contributed by atoms with Crippen LogP contribution < -0.4 is 15.0 Å². The summed E-state index contributed by atoms with van der Waals surface area (Å²) >= 11 is 1.63. The Hall–Kier alpha value is -3.12. The Bertz CT molecular complexity index is 969. The number of nitrogens with zero attached hydrogens (tertiary/aromatic N) is 1. The van der Waals surface area contributed by atoms with E-state index in [1.54, 1.807) is 16.2 Å². The molecule has 0 aliphatic carbocycles. The SMILES string of the molecule is O=C(CCN1C(=O)COc2ccccc21)Nc1ccccc1-c1cccs1. The first-order valence-electron chi connectivity index (χ1n) is 8.67. The summed E-state index contributed by atoms with van der Waals surface area (Å²) in [5.41, 5.74) is 2.48. The van der Waals surface area contributed by atoms with Gasteiger partial charge in [0.2, 0.25) is 5.91 Å². The minimum absolute atomic E-state index is 0.000155. The topological polar surface area (TPSA) is 58.6 Å². The number of anilines is 2. The lowest BCUT2D eigenvalue weighted by atomic mass is 10.1. The van der Waals surface area contributed by atoms with Gasteiger partial charge >= 0.3 is 0 Å². The van der Waals surface area contributed by atoms with Crippen LogP contribution in [0.5, 0.6) is 5.75 Å². The van der Waals surface area contributed by atoms with Crippen molar-refractivity contribution in [2.24, 2.45) is 0 Å². The van der Waals surface area contributed by atoms with Gasteiger partial charge in [0.1, 0.15) is 5.75 Å². The highest BCUT2D eigenvalue weighted by molar-refractivity contribution is 7.13. The number of hydrogen-bond acceptors (Lipinski definition) is 4. The molecule has 2 heterocycles. The molecule has 2 aromatic carbocycles. The first-order chi connectivity index (χ1) is 13.2. The fourth-order valence-corrected chi connectivity index (χ4v) is 3.83. The van der Waals surface area contributed by atoms with Crippen molar-refractivity contribution in [3.63, 3.8) is 0 Å². The van der Waals surface area contributed by atoms with Crippen molar-refractivity contribution in [3.05, 3.63) is 66.0 Å². The number of ether oxygens (including phenoxy) is 1. The average Bonchev–Trinajstić information content (AvgIpc) is 3.22. The number of amides is 2. The molecule has 6 heteroatoms. The summed E-state index contributed by atoms with van der Waals surface area (Å²) in [7, 11) is 0. The number of benzene rings is 2. The number of rotatable bonds is 5. The van der Waals surface area contributed by atoms with Gasteiger partial charge in [-0.15, -0.1) is 11.3 Å². The van der Waals surface area contributed by atoms with Gasteiger partial charge in [0, 0.05) is 29.1 Å². The van der Waals surface area contributed by atoms with E-state index < -0.39 is 0 Å². The molecule has 4 rings (SSSR count). The maximum absolute atomic E-state index is 12.5. The summed E-state index contributed by atoms with van der Waals surface area (Å²) in [6.07, 6.45) is 0.207. The largest absolute Gasteiger partial charge is 0.482 e. The molecule has 2 amide bonds. The third-order valence-corrected chi connectivity index (χ3v) is 5.26.